The lowest BCUT2D eigenvalue weighted by molar-refractivity contribution is 0.102. The Labute approximate surface area is 169 Å². The highest BCUT2D eigenvalue weighted by molar-refractivity contribution is 6.02. The Morgan fingerprint density at radius 1 is 1.19 bits per heavy atom. The van der Waals surface area contributed by atoms with Crippen molar-refractivity contribution in [2.45, 2.75) is 13.3 Å². The van der Waals surface area contributed by atoms with E-state index in [0.717, 1.165) is 36.4 Å². The summed E-state index contributed by atoms with van der Waals surface area (Å²) in [6.45, 7) is 3.80. The molecule has 0 aliphatic carbocycles. The number of hydrogen-bond donors (Lipinski definition) is 2. The van der Waals surface area contributed by atoms with Gasteiger partial charge in [-0.2, -0.15) is 0 Å². The van der Waals surface area contributed by atoms with Crippen molar-refractivity contribution in [2.24, 2.45) is 0 Å². The van der Waals surface area contributed by atoms with Crippen LogP contribution < -0.4 is 10.6 Å². The Balaban J connectivity index is 0.00000131. The number of rotatable bonds is 3. The summed E-state index contributed by atoms with van der Waals surface area (Å²) in [5.41, 5.74) is 5.26. The first-order valence-corrected chi connectivity index (χ1v) is 8.32. The lowest BCUT2D eigenvalue weighted by atomic mass is 10.0. The van der Waals surface area contributed by atoms with Gasteiger partial charge >= 0.3 is 0 Å². The van der Waals surface area contributed by atoms with E-state index in [0.29, 0.717) is 11.4 Å². The smallest absolute Gasteiger partial charge is 0.274 e. The largest absolute Gasteiger partial charge is 0.319 e. The summed E-state index contributed by atoms with van der Waals surface area (Å²) in [5.74, 6) is -0.220. The summed E-state index contributed by atoms with van der Waals surface area (Å²) in [5, 5.41) is 6.17. The van der Waals surface area contributed by atoms with Gasteiger partial charge in [0.1, 0.15) is 11.3 Å². The molecule has 0 spiro atoms. The van der Waals surface area contributed by atoms with Crippen LogP contribution in [0.25, 0.3) is 11.2 Å². The van der Waals surface area contributed by atoms with E-state index in [1.54, 1.807) is 12.3 Å². The molecule has 142 valence electrons. The Hall–Kier alpha value is -2.41. The number of imidazole rings is 1. The molecule has 8 heteroatoms. The Morgan fingerprint density at radius 3 is 2.74 bits per heavy atom. The third-order valence-electron chi connectivity index (χ3n) is 4.26. The number of aromatic nitrogens is 3. The first-order chi connectivity index (χ1) is 12.2. The fourth-order valence-corrected chi connectivity index (χ4v) is 2.99. The highest BCUT2D eigenvalue weighted by Crippen LogP contribution is 2.19. The molecular weight excluding hydrogens is 385 g/mol. The molecule has 4 rings (SSSR count). The van der Waals surface area contributed by atoms with Gasteiger partial charge in [-0.15, -0.1) is 24.8 Å². The fourth-order valence-electron chi connectivity index (χ4n) is 2.99. The molecule has 6 nitrogen and oxygen atoms in total. The summed E-state index contributed by atoms with van der Waals surface area (Å²) in [7, 11) is 0. The van der Waals surface area contributed by atoms with Crippen LogP contribution in [0.3, 0.4) is 0 Å². The van der Waals surface area contributed by atoms with E-state index in [2.05, 4.69) is 26.7 Å². The van der Waals surface area contributed by atoms with E-state index in [9.17, 15) is 4.79 Å². The molecule has 0 bridgehead atoms. The molecule has 0 aromatic carbocycles. The van der Waals surface area contributed by atoms with E-state index >= 15 is 0 Å². The second-order valence-corrected chi connectivity index (χ2v) is 6.14. The highest BCUT2D eigenvalue weighted by Gasteiger charge is 2.11. The van der Waals surface area contributed by atoms with Crippen molar-refractivity contribution in [2.75, 3.05) is 18.4 Å². The van der Waals surface area contributed by atoms with Crippen LogP contribution in [0.4, 0.5) is 5.69 Å². The van der Waals surface area contributed by atoms with Gasteiger partial charge in [-0.05, 0) is 49.2 Å². The van der Waals surface area contributed by atoms with Crippen LogP contribution in [0.5, 0.6) is 0 Å². The van der Waals surface area contributed by atoms with E-state index in [1.807, 2.05) is 41.9 Å². The van der Waals surface area contributed by atoms with Crippen LogP contribution >= 0.6 is 24.8 Å². The van der Waals surface area contributed by atoms with E-state index in [1.165, 1.54) is 5.57 Å². The van der Waals surface area contributed by atoms with Gasteiger partial charge in [-0.25, -0.2) is 4.98 Å². The molecule has 0 saturated heterocycles. The number of amides is 1. The maximum atomic E-state index is 12.4. The topological polar surface area (TPSA) is 71.3 Å². The normalized spacial score (nSPS) is 13.3. The van der Waals surface area contributed by atoms with Gasteiger partial charge in [-0.1, -0.05) is 12.1 Å². The second-order valence-electron chi connectivity index (χ2n) is 6.14. The first kappa shape index (κ1) is 20.9. The number of hydrogen-bond acceptors (Lipinski definition) is 4. The SMILES string of the molecule is Cc1cn2cc(NC(=O)c3ccc(C4=CCNCC4)cn3)ccc2n1.Cl.Cl. The minimum Gasteiger partial charge on any atom is -0.319 e. The molecule has 1 amide bonds. The van der Waals surface area contributed by atoms with Crippen molar-refractivity contribution in [3.05, 3.63) is 65.9 Å². The zero-order valence-electron chi connectivity index (χ0n) is 14.8. The molecule has 4 heterocycles. The predicted octanol–water partition coefficient (Wildman–Crippen LogP) is 3.51. The van der Waals surface area contributed by atoms with Gasteiger partial charge in [0.25, 0.3) is 5.91 Å². The second kappa shape index (κ2) is 8.99. The molecule has 27 heavy (non-hydrogen) atoms. The Bertz CT molecular complexity index is 966. The number of halogens is 2. The summed E-state index contributed by atoms with van der Waals surface area (Å²) in [6.07, 6.45) is 8.70. The monoisotopic (exact) mass is 405 g/mol. The maximum Gasteiger partial charge on any atom is 0.274 e. The van der Waals surface area contributed by atoms with Gasteiger partial charge in [0, 0.05) is 25.1 Å². The number of nitrogens with one attached hydrogen (secondary N) is 2. The van der Waals surface area contributed by atoms with E-state index < -0.39 is 0 Å². The lowest BCUT2D eigenvalue weighted by Gasteiger charge is -2.14. The van der Waals surface area contributed by atoms with Gasteiger partial charge in [0.2, 0.25) is 0 Å². The van der Waals surface area contributed by atoms with Crippen LogP contribution in [0.1, 0.15) is 28.2 Å². The van der Waals surface area contributed by atoms with Gasteiger partial charge in [-0.3, -0.25) is 9.78 Å². The van der Waals surface area contributed by atoms with E-state index in [-0.39, 0.29) is 30.7 Å². The molecule has 2 N–H and O–H groups in total. The summed E-state index contributed by atoms with van der Waals surface area (Å²) in [4.78, 5) is 21.1. The standard InChI is InChI=1S/C19H19N5O.2ClH/c1-13-11-24-12-16(3-5-18(24)22-13)23-19(25)17-4-2-15(10-21-17)14-6-8-20-9-7-14;;/h2-6,10-12,20H,7-9H2,1H3,(H,23,25);2*1H. The molecule has 1 aliphatic rings. The lowest BCUT2D eigenvalue weighted by Crippen LogP contribution is -2.20. The molecule has 3 aromatic heterocycles. The van der Waals surface area contributed by atoms with Crippen LogP contribution in [-0.2, 0) is 0 Å². The molecule has 1 aliphatic heterocycles. The van der Waals surface area contributed by atoms with Crippen molar-refractivity contribution in [3.63, 3.8) is 0 Å². The minimum absolute atomic E-state index is 0. The zero-order valence-corrected chi connectivity index (χ0v) is 16.4. The zero-order chi connectivity index (χ0) is 17.2. The van der Waals surface area contributed by atoms with Crippen LogP contribution in [0.2, 0.25) is 0 Å². The highest BCUT2D eigenvalue weighted by atomic mass is 35.5. The molecule has 0 saturated carbocycles. The summed E-state index contributed by atoms with van der Waals surface area (Å²) < 4.78 is 1.89. The van der Waals surface area contributed by atoms with Gasteiger partial charge in [0.15, 0.2) is 0 Å². The molecule has 0 fully saturated rings. The van der Waals surface area contributed by atoms with Crippen molar-refractivity contribution in [1.82, 2.24) is 19.7 Å². The van der Waals surface area contributed by atoms with Crippen LogP contribution in [0.15, 0.2) is 48.9 Å². The summed E-state index contributed by atoms with van der Waals surface area (Å²) >= 11 is 0. The third kappa shape index (κ3) is 4.66. The van der Waals surface area contributed by atoms with Crippen molar-refractivity contribution < 1.29 is 4.79 Å². The van der Waals surface area contributed by atoms with Gasteiger partial charge in [0.05, 0.1) is 11.4 Å². The molecule has 0 atom stereocenters. The van der Waals surface area contributed by atoms with Crippen molar-refractivity contribution in [1.29, 1.82) is 0 Å². The number of fused-ring (bicyclic) bond motifs is 1. The molecule has 3 aromatic rings. The molecular formula is C19H21Cl2N5O. The van der Waals surface area contributed by atoms with Crippen molar-refractivity contribution >= 4 is 47.6 Å². The third-order valence-corrected chi connectivity index (χ3v) is 4.26. The number of pyridine rings is 2. The minimum atomic E-state index is -0.220. The molecule has 0 unspecified atom stereocenters. The maximum absolute atomic E-state index is 12.4. The van der Waals surface area contributed by atoms with Crippen molar-refractivity contribution in [3.8, 4) is 0 Å². The Kier molecular flexibility index (Phi) is 6.96. The number of anilines is 1. The number of nitrogens with zero attached hydrogens (tertiary/aromatic N) is 3. The number of carbonyl (C=O) groups is 1. The van der Waals surface area contributed by atoms with Crippen LogP contribution in [-0.4, -0.2) is 33.4 Å². The number of carbonyl (C=O) groups excluding carboxylic acids is 1. The fraction of sp³-hybridized carbons (Fsp3) is 0.211. The summed E-state index contributed by atoms with van der Waals surface area (Å²) in [6, 6.07) is 7.45. The first-order valence-electron chi connectivity index (χ1n) is 8.32. The van der Waals surface area contributed by atoms with Gasteiger partial charge < -0.3 is 15.0 Å². The Morgan fingerprint density at radius 2 is 2.04 bits per heavy atom. The predicted molar refractivity (Wildman–Crippen MR) is 112 cm³/mol. The number of aryl methyl sites for hydroxylation is 1. The molecule has 0 radical (unpaired) electrons. The average molecular weight is 406 g/mol. The average Bonchev–Trinajstić information content (AvgIpc) is 3.02. The van der Waals surface area contributed by atoms with E-state index in [4.69, 9.17) is 0 Å². The quantitative estimate of drug-likeness (QED) is 0.699. The van der Waals surface area contributed by atoms with Crippen LogP contribution in [0, 0.1) is 6.92 Å².